The predicted octanol–water partition coefficient (Wildman–Crippen LogP) is 2.02. The normalized spacial score (nSPS) is 18.1. The van der Waals surface area contributed by atoms with Crippen LogP contribution in [0.25, 0.3) is 10.8 Å². The minimum Gasteiger partial charge on any atom is -0.370 e. The molecule has 4 heteroatoms. The van der Waals surface area contributed by atoms with E-state index in [1.807, 2.05) is 36.4 Å². The molecule has 0 aromatic heterocycles. The second-order valence-corrected chi connectivity index (χ2v) is 5.12. The Balaban J connectivity index is 2.06. The molecule has 1 atom stereocenters. The van der Waals surface area contributed by atoms with E-state index < -0.39 is 0 Å². The highest BCUT2D eigenvalue weighted by molar-refractivity contribution is 5.98. The highest BCUT2D eigenvalue weighted by Gasteiger charge is 2.27. The van der Waals surface area contributed by atoms with Gasteiger partial charge in [-0.15, -0.1) is 0 Å². The summed E-state index contributed by atoms with van der Waals surface area (Å²) in [5.41, 5.74) is 7.14. The average Bonchev–Trinajstić information content (AvgIpc) is 2.96. The molecule has 1 aliphatic rings. The monoisotopic (exact) mass is 265 g/mol. The number of nitriles is 1. The van der Waals surface area contributed by atoms with Crippen LogP contribution < -0.4 is 10.6 Å². The fourth-order valence-electron chi connectivity index (χ4n) is 2.87. The third-order valence-corrected chi connectivity index (χ3v) is 3.95. The summed E-state index contributed by atoms with van der Waals surface area (Å²) in [6.45, 7) is 1.48. The van der Waals surface area contributed by atoms with Gasteiger partial charge in [-0.1, -0.05) is 24.3 Å². The largest absolute Gasteiger partial charge is 0.370 e. The number of anilines is 1. The van der Waals surface area contributed by atoms with Crippen molar-refractivity contribution in [2.45, 2.75) is 6.42 Å². The van der Waals surface area contributed by atoms with Crippen LogP contribution in [0.3, 0.4) is 0 Å². The van der Waals surface area contributed by atoms with Crippen LogP contribution >= 0.6 is 0 Å². The van der Waals surface area contributed by atoms with Crippen LogP contribution in [0.2, 0.25) is 0 Å². The zero-order valence-corrected chi connectivity index (χ0v) is 11.0. The zero-order chi connectivity index (χ0) is 14.1. The van der Waals surface area contributed by atoms with Crippen LogP contribution in [0.4, 0.5) is 5.69 Å². The molecule has 1 amide bonds. The summed E-state index contributed by atoms with van der Waals surface area (Å²) in [5.74, 6) is -0.310. The van der Waals surface area contributed by atoms with Crippen LogP contribution in [0, 0.1) is 17.2 Å². The number of hydrogen-bond donors (Lipinski definition) is 1. The van der Waals surface area contributed by atoms with Crippen molar-refractivity contribution in [2.24, 2.45) is 11.7 Å². The quantitative estimate of drug-likeness (QED) is 0.903. The fraction of sp³-hybridized carbons (Fsp3) is 0.250. The first-order valence-corrected chi connectivity index (χ1v) is 6.67. The smallest absolute Gasteiger partial charge is 0.222 e. The molecular weight excluding hydrogens is 250 g/mol. The number of hydrogen-bond acceptors (Lipinski definition) is 3. The van der Waals surface area contributed by atoms with Crippen molar-refractivity contribution in [2.75, 3.05) is 18.0 Å². The van der Waals surface area contributed by atoms with Crippen molar-refractivity contribution >= 4 is 22.4 Å². The molecule has 1 heterocycles. The third kappa shape index (κ3) is 1.97. The van der Waals surface area contributed by atoms with E-state index in [-0.39, 0.29) is 11.8 Å². The highest BCUT2D eigenvalue weighted by Crippen LogP contribution is 2.32. The van der Waals surface area contributed by atoms with Crippen LogP contribution in [-0.2, 0) is 4.79 Å². The number of nitrogens with zero attached hydrogens (tertiary/aromatic N) is 2. The lowest BCUT2D eigenvalue weighted by molar-refractivity contribution is -0.121. The summed E-state index contributed by atoms with van der Waals surface area (Å²) < 4.78 is 0. The average molecular weight is 265 g/mol. The van der Waals surface area contributed by atoms with Crippen molar-refractivity contribution < 1.29 is 4.79 Å². The molecule has 0 saturated carbocycles. The number of benzene rings is 2. The first kappa shape index (κ1) is 12.5. The van der Waals surface area contributed by atoms with Crippen LogP contribution in [-0.4, -0.2) is 19.0 Å². The van der Waals surface area contributed by atoms with E-state index in [9.17, 15) is 10.1 Å². The maximum Gasteiger partial charge on any atom is 0.222 e. The molecule has 1 saturated heterocycles. The minimum absolute atomic E-state index is 0.0793. The van der Waals surface area contributed by atoms with Gasteiger partial charge in [-0.25, -0.2) is 0 Å². The molecule has 4 nitrogen and oxygen atoms in total. The lowest BCUT2D eigenvalue weighted by Crippen LogP contribution is -2.27. The van der Waals surface area contributed by atoms with Gasteiger partial charge >= 0.3 is 0 Å². The molecule has 1 aliphatic heterocycles. The first-order chi connectivity index (χ1) is 9.70. The Hall–Kier alpha value is -2.54. The summed E-state index contributed by atoms with van der Waals surface area (Å²) in [7, 11) is 0. The maximum absolute atomic E-state index is 11.3. The number of rotatable bonds is 2. The van der Waals surface area contributed by atoms with Gasteiger partial charge in [0.05, 0.1) is 17.6 Å². The van der Waals surface area contributed by atoms with Gasteiger partial charge in [0.15, 0.2) is 0 Å². The lowest BCUT2D eigenvalue weighted by Gasteiger charge is -2.20. The molecule has 3 rings (SSSR count). The van der Waals surface area contributed by atoms with Crippen LogP contribution in [0.1, 0.15) is 12.0 Å². The molecule has 2 aromatic carbocycles. The van der Waals surface area contributed by atoms with E-state index in [2.05, 4.69) is 11.0 Å². The summed E-state index contributed by atoms with van der Waals surface area (Å²) in [4.78, 5) is 13.5. The number of fused-ring (bicyclic) bond motifs is 1. The molecule has 0 bridgehead atoms. The van der Waals surface area contributed by atoms with Gasteiger partial charge in [0.2, 0.25) is 5.91 Å². The first-order valence-electron chi connectivity index (χ1n) is 6.67. The summed E-state index contributed by atoms with van der Waals surface area (Å²) in [6, 6.07) is 13.9. The fourth-order valence-corrected chi connectivity index (χ4v) is 2.87. The SMILES string of the molecule is N#Cc1ccc(N2CCC(C(N)=O)C2)c2ccccc12. The van der Waals surface area contributed by atoms with E-state index in [0.717, 1.165) is 29.4 Å². The van der Waals surface area contributed by atoms with Gasteiger partial charge in [0.25, 0.3) is 0 Å². The molecule has 2 aromatic rings. The molecular formula is C16H15N3O. The zero-order valence-electron chi connectivity index (χ0n) is 11.0. The van der Waals surface area contributed by atoms with E-state index in [4.69, 9.17) is 5.73 Å². The Morgan fingerprint density at radius 3 is 2.65 bits per heavy atom. The van der Waals surface area contributed by atoms with Gasteiger partial charge < -0.3 is 10.6 Å². The Labute approximate surface area is 117 Å². The van der Waals surface area contributed by atoms with Crippen LogP contribution in [0.5, 0.6) is 0 Å². The third-order valence-electron chi connectivity index (χ3n) is 3.95. The number of carbonyl (C=O) groups excluding carboxylic acids is 1. The van der Waals surface area contributed by atoms with E-state index in [1.54, 1.807) is 0 Å². The van der Waals surface area contributed by atoms with Gasteiger partial charge in [0.1, 0.15) is 0 Å². The maximum atomic E-state index is 11.3. The molecule has 20 heavy (non-hydrogen) atoms. The number of amides is 1. The van der Waals surface area contributed by atoms with E-state index in [0.29, 0.717) is 12.1 Å². The summed E-state index contributed by atoms with van der Waals surface area (Å²) in [5, 5.41) is 11.2. The molecule has 1 fully saturated rings. The van der Waals surface area contributed by atoms with Crippen molar-refractivity contribution in [1.29, 1.82) is 5.26 Å². The van der Waals surface area contributed by atoms with Gasteiger partial charge in [-0.3, -0.25) is 4.79 Å². The van der Waals surface area contributed by atoms with Crippen LogP contribution in [0.15, 0.2) is 36.4 Å². The Morgan fingerprint density at radius 1 is 1.25 bits per heavy atom. The number of primary amides is 1. The molecule has 2 N–H and O–H groups in total. The Kier molecular flexibility index (Phi) is 3.03. The summed E-state index contributed by atoms with van der Waals surface area (Å²) >= 11 is 0. The highest BCUT2D eigenvalue weighted by atomic mass is 16.1. The molecule has 0 spiro atoms. The summed E-state index contributed by atoms with van der Waals surface area (Å²) in [6.07, 6.45) is 0.795. The predicted molar refractivity (Wildman–Crippen MR) is 78.2 cm³/mol. The topological polar surface area (TPSA) is 70.1 Å². The van der Waals surface area contributed by atoms with Crippen molar-refractivity contribution in [1.82, 2.24) is 0 Å². The van der Waals surface area contributed by atoms with E-state index in [1.165, 1.54) is 0 Å². The Bertz CT molecular complexity index is 717. The number of carbonyl (C=O) groups is 1. The molecule has 1 unspecified atom stereocenters. The van der Waals surface area contributed by atoms with E-state index >= 15 is 0 Å². The Morgan fingerprint density at radius 2 is 2.00 bits per heavy atom. The van der Waals surface area contributed by atoms with Gasteiger partial charge in [0, 0.05) is 29.5 Å². The van der Waals surface area contributed by atoms with Gasteiger partial charge in [-0.05, 0) is 18.6 Å². The molecule has 0 radical (unpaired) electrons. The molecule has 100 valence electrons. The number of nitrogens with two attached hydrogens (primary N) is 1. The van der Waals surface area contributed by atoms with Gasteiger partial charge in [-0.2, -0.15) is 5.26 Å². The van der Waals surface area contributed by atoms with Crippen molar-refractivity contribution in [3.63, 3.8) is 0 Å². The second kappa shape index (κ2) is 4.86. The minimum atomic E-state index is -0.231. The standard InChI is InChI=1S/C16H15N3O/c17-9-11-5-6-15(14-4-2-1-3-13(11)14)19-8-7-12(10-19)16(18)20/h1-6,12H,7-8,10H2,(H2,18,20). The molecule has 0 aliphatic carbocycles. The lowest BCUT2D eigenvalue weighted by atomic mass is 10.0. The van der Waals surface area contributed by atoms with Crippen molar-refractivity contribution in [3.8, 4) is 6.07 Å². The van der Waals surface area contributed by atoms with Crippen molar-refractivity contribution in [3.05, 3.63) is 42.0 Å². The second-order valence-electron chi connectivity index (χ2n) is 5.12.